The highest BCUT2D eigenvalue weighted by Crippen LogP contribution is 2.31. The van der Waals surface area contributed by atoms with Gasteiger partial charge in [0.05, 0.1) is 46.4 Å². The third-order valence-electron chi connectivity index (χ3n) is 6.46. The smallest absolute Gasteiger partial charge is 0.356 e. The molecule has 43 heavy (non-hydrogen) atoms. The van der Waals surface area contributed by atoms with E-state index in [0.717, 1.165) is 24.0 Å². The number of hydrogen-bond donors (Lipinski definition) is 2. The highest BCUT2D eigenvalue weighted by molar-refractivity contribution is 7.71. The van der Waals surface area contributed by atoms with E-state index < -0.39 is 11.9 Å². The van der Waals surface area contributed by atoms with Gasteiger partial charge in [0, 0.05) is 12.4 Å². The average Bonchev–Trinajstić information content (AvgIpc) is 3.55. The number of imidazole rings is 2. The molecule has 232 valence electrons. The van der Waals surface area contributed by atoms with Crippen LogP contribution in [0.25, 0.3) is 0 Å². The number of esters is 2. The summed E-state index contributed by atoms with van der Waals surface area (Å²) < 4.78 is 14.0. The highest BCUT2D eigenvalue weighted by Gasteiger charge is 2.23. The van der Waals surface area contributed by atoms with Crippen LogP contribution < -0.4 is 0 Å². The second-order valence-electron chi connectivity index (χ2n) is 8.88. The molecule has 0 aliphatic rings. The minimum Gasteiger partial charge on any atom is -0.464 e. The number of carbonyl (C=O) groups excluding carboxylic acids is 2. The maximum absolute atomic E-state index is 11.9. The molecule has 15 heteroatoms. The first-order valence-electron chi connectivity index (χ1n) is 12.6. The zero-order chi connectivity index (χ0) is 31.1. The topological polar surface area (TPSA) is 94.0 Å². The largest absolute Gasteiger partial charge is 0.464 e. The molecule has 0 saturated heterocycles. The molecule has 2 atom stereocenters. The van der Waals surface area contributed by atoms with Crippen LogP contribution in [0.4, 0.5) is 0 Å². The fraction of sp³-hybridized carbons (Fsp3) is 0.286. The Kier molecular flexibility index (Phi) is 14.4. The number of rotatable bonds is 8. The van der Waals surface area contributed by atoms with Crippen molar-refractivity contribution in [3.8, 4) is 0 Å². The number of carbonyl (C=O) groups is 2. The van der Waals surface area contributed by atoms with Gasteiger partial charge in [0.2, 0.25) is 0 Å². The Morgan fingerprint density at radius 3 is 1.35 bits per heavy atom. The van der Waals surface area contributed by atoms with E-state index in [4.69, 9.17) is 80.3 Å². The summed E-state index contributed by atoms with van der Waals surface area (Å²) in [6, 6.07) is 10.5. The molecule has 0 aliphatic carbocycles. The van der Waals surface area contributed by atoms with Gasteiger partial charge in [0.25, 0.3) is 0 Å². The van der Waals surface area contributed by atoms with Crippen LogP contribution in [0.3, 0.4) is 0 Å². The monoisotopic (exact) mass is 722 g/mol. The Bertz CT molecular complexity index is 1580. The Hall–Kier alpha value is -2.25. The Labute approximate surface area is 286 Å². The van der Waals surface area contributed by atoms with Crippen molar-refractivity contribution in [2.24, 2.45) is 0 Å². The van der Waals surface area contributed by atoms with Crippen molar-refractivity contribution in [1.29, 1.82) is 0 Å². The van der Waals surface area contributed by atoms with E-state index in [1.165, 1.54) is 14.2 Å². The molecule has 0 spiro atoms. The summed E-state index contributed by atoms with van der Waals surface area (Å²) in [5.74, 6) is -0.887. The molecule has 0 fully saturated rings. The maximum Gasteiger partial charge on any atom is 0.356 e. The molecule has 0 aliphatic heterocycles. The molecule has 2 heterocycles. The quantitative estimate of drug-likeness (QED) is 0.139. The minimum absolute atomic E-state index is 0. The Morgan fingerprint density at radius 2 is 1.07 bits per heavy atom. The van der Waals surface area contributed by atoms with E-state index >= 15 is 0 Å². The summed E-state index contributed by atoms with van der Waals surface area (Å²) >= 11 is 34.6. The van der Waals surface area contributed by atoms with Gasteiger partial charge in [-0.2, -0.15) is 13.5 Å². The van der Waals surface area contributed by atoms with E-state index in [-0.39, 0.29) is 25.6 Å². The van der Waals surface area contributed by atoms with Crippen molar-refractivity contribution < 1.29 is 19.1 Å². The van der Waals surface area contributed by atoms with Crippen molar-refractivity contribution in [3.63, 3.8) is 0 Å². The van der Waals surface area contributed by atoms with Gasteiger partial charge >= 0.3 is 11.9 Å². The molecule has 8 nitrogen and oxygen atoms in total. The lowest BCUT2D eigenvalue weighted by atomic mass is 10.0. The number of aromatic amines is 2. The van der Waals surface area contributed by atoms with E-state index in [1.54, 1.807) is 45.8 Å². The molecule has 0 unspecified atom stereocenters. The van der Waals surface area contributed by atoms with Gasteiger partial charge in [0.1, 0.15) is 11.4 Å². The number of nitrogens with zero attached hydrogens (tertiary/aromatic N) is 2. The average molecular weight is 725 g/mol. The van der Waals surface area contributed by atoms with Crippen LogP contribution in [0.15, 0.2) is 48.8 Å². The summed E-state index contributed by atoms with van der Waals surface area (Å²) in [6.07, 6.45) is 4.56. The van der Waals surface area contributed by atoms with Crippen LogP contribution in [0.1, 0.15) is 70.9 Å². The van der Waals surface area contributed by atoms with Crippen LogP contribution in [-0.2, 0) is 9.47 Å². The number of ether oxygens (including phenoxy) is 2. The number of nitrogens with one attached hydrogen (secondary N) is 2. The molecule has 2 aromatic carbocycles. The van der Waals surface area contributed by atoms with E-state index in [2.05, 4.69) is 9.97 Å². The molecule has 4 aromatic rings. The summed E-state index contributed by atoms with van der Waals surface area (Å²) in [4.78, 5) is 29.5. The summed E-state index contributed by atoms with van der Waals surface area (Å²) in [5, 5.41) is 1.91. The van der Waals surface area contributed by atoms with Gasteiger partial charge in [-0.05, 0) is 72.7 Å². The third-order valence-corrected chi connectivity index (χ3v) is 8.57. The number of halogens is 4. The Balaban J connectivity index is 0.000000293. The first kappa shape index (κ1) is 36.9. The standard InChI is InChI=1S/2C14H14Cl2N2O2S.H2S/c2*1-3-11(8-4-5-9(15)10(16)6-8)18-12(13(19)20-2)7-17-14(18)21;/h2*4-7,11H,3H2,1-2H3,(H,17,21);1H2/t2*11-;/m10./s1. The molecule has 4 rings (SSSR count). The zero-order valence-electron chi connectivity index (χ0n) is 23.5. The summed E-state index contributed by atoms with van der Waals surface area (Å²) in [6.45, 7) is 4.01. The van der Waals surface area contributed by atoms with Crippen molar-refractivity contribution >= 4 is 96.3 Å². The molecule has 2 aromatic heterocycles. The van der Waals surface area contributed by atoms with Gasteiger partial charge in [-0.1, -0.05) is 72.4 Å². The maximum atomic E-state index is 11.9. The SMILES string of the molecule is CC[C@@H](c1ccc(Cl)c(Cl)c1)n1c(C(=O)OC)c[nH]c1=S.CC[C@H](c1ccc(Cl)c(Cl)c1)n1c(C(=O)OC)c[nH]c1=S.S. The molecule has 2 N–H and O–H groups in total. The van der Waals surface area contributed by atoms with Crippen LogP contribution in [0, 0.1) is 9.54 Å². The fourth-order valence-electron chi connectivity index (χ4n) is 4.47. The van der Waals surface area contributed by atoms with Gasteiger partial charge in [-0.3, -0.25) is 0 Å². The molecule has 0 amide bonds. The summed E-state index contributed by atoms with van der Waals surface area (Å²) in [5.41, 5.74) is 2.60. The van der Waals surface area contributed by atoms with Gasteiger partial charge in [-0.15, -0.1) is 0 Å². The number of aromatic nitrogens is 4. The molecule has 0 radical (unpaired) electrons. The highest BCUT2D eigenvalue weighted by atomic mass is 35.5. The van der Waals surface area contributed by atoms with Crippen molar-refractivity contribution in [3.05, 3.63) is 101 Å². The zero-order valence-corrected chi connectivity index (χ0v) is 29.2. The van der Waals surface area contributed by atoms with E-state index in [9.17, 15) is 9.59 Å². The first-order chi connectivity index (χ1) is 20.0. The van der Waals surface area contributed by atoms with Crippen molar-refractivity contribution in [2.45, 2.75) is 38.8 Å². The molecule has 0 bridgehead atoms. The van der Waals surface area contributed by atoms with Crippen molar-refractivity contribution in [2.75, 3.05) is 14.2 Å². The first-order valence-corrected chi connectivity index (χ1v) is 15.0. The predicted octanol–water partition coefficient (Wildman–Crippen LogP) is 9.39. The van der Waals surface area contributed by atoms with Crippen LogP contribution in [-0.4, -0.2) is 45.3 Å². The van der Waals surface area contributed by atoms with Crippen molar-refractivity contribution in [1.82, 2.24) is 19.1 Å². The number of methoxy groups -OCH3 is 2. The van der Waals surface area contributed by atoms with E-state index in [1.807, 2.05) is 26.0 Å². The number of H-pyrrole nitrogens is 2. The second kappa shape index (κ2) is 16.7. The van der Waals surface area contributed by atoms with Gasteiger partial charge < -0.3 is 28.6 Å². The van der Waals surface area contributed by atoms with Crippen LogP contribution in [0.5, 0.6) is 0 Å². The predicted molar refractivity (Wildman–Crippen MR) is 182 cm³/mol. The normalized spacial score (nSPS) is 11.9. The fourth-order valence-corrected chi connectivity index (χ4v) is 5.66. The van der Waals surface area contributed by atoms with Gasteiger partial charge in [0.15, 0.2) is 9.54 Å². The lowest BCUT2D eigenvalue weighted by Gasteiger charge is -2.20. The third kappa shape index (κ3) is 8.48. The van der Waals surface area contributed by atoms with Crippen LogP contribution in [0.2, 0.25) is 20.1 Å². The van der Waals surface area contributed by atoms with E-state index in [0.29, 0.717) is 41.0 Å². The number of hydrogen-bond acceptors (Lipinski definition) is 6. The second-order valence-corrected chi connectivity index (χ2v) is 11.3. The lowest BCUT2D eigenvalue weighted by molar-refractivity contribution is 0.0578. The number of benzene rings is 2. The van der Waals surface area contributed by atoms with Crippen LogP contribution >= 0.6 is 84.3 Å². The molecule has 0 saturated carbocycles. The molecular formula is C28H30Cl4N4O4S3. The lowest BCUT2D eigenvalue weighted by Crippen LogP contribution is -2.17. The minimum atomic E-state index is -0.444. The molecular weight excluding hydrogens is 694 g/mol. The Morgan fingerprint density at radius 1 is 0.721 bits per heavy atom. The summed E-state index contributed by atoms with van der Waals surface area (Å²) in [7, 11) is 2.67. The van der Waals surface area contributed by atoms with Gasteiger partial charge in [-0.25, -0.2) is 9.59 Å².